The minimum atomic E-state index is -0.461. The molecule has 1 saturated heterocycles. The summed E-state index contributed by atoms with van der Waals surface area (Å²) in [6, 6.07) is 0. The molecular weight excluding hydrogens is 330 g/mol. The molecular formula is C19H27N5O2. The van der Waals surface area contributed by atoms with Gasteiger partial charge in [-0.05, 0) is 52.0 Å². The standard InChI is InChI=1S/C19H27N5O2/c1-19(2,3)26-18(25)24-10-8-23(9-11-24)17-15-13-6-4-5-7-14(13)22-16(15)20-12-21-17/h12H,4-11H2,1-3H3,(H,20,21,22). The van der Waals surface area contributed by atoms with Crippen LogP contribution in [-0.4, -0.2) is 57.7 Å². The first-order valence-corrected chi connectivity index (χ1v) is 9.50. The molecule has 1 aliphatic heterocycles. The van der Waals surface area contributed by atoms with Crippen LogP contribution in [-0.2, 0) is 17.6 Å². The molecule has 3 heterocycles. The topological polar surface area (TPSA) is 74.3 Å². The largest absolute Gasteiger partial charge is 0.444 e. The third-order valence-electron chi connectivity index (χ3n) is 5.10. The number of ether oxygens (including phenoxy) is 1. The fraction of sp³-hybridized carbons (Fsp3) is 0.632. The number of hydrogen-bond donors (Lipinski definition) is 1. The van der Waals surface area contributed by atoms with Crippen LogP contribution >= 0.6 is 0 Å². The van der Waals surface area contributed by atoms with Crippen molar-refractivity contribution < 1.29 is 9.53 Å². The van der Waals surface area contributed by atoms with E-state index < -0.39 is 5.60 Å². The Balaban J connectivity index is 1.53. The van der Waals surface area contributed by atoms with Gasteiger partial charge in [0.2, 0.25) is 0 Å². The number of fused-ring (bicyclic) bond motifs is 3. The predicted molar refractivity (Wildman–Crippen MR) is 101 cm³/mol. The number of anilines is 1. The van der Waals surface area contributed by atoms with Crippen LogP contribution in [0.2, 0.25) is 0 Å². The summed E-state index contributed by atoms with van der Waals surface area (Å²) in [5, 5.41) is 1.17. The average Bonchev–Trinajstić information content (AvgIpc) is 2.99. The molecule has 2 aromatic rings. The van der Waals surface area contributed by atoms with E-state index in [4.69, 9.17) is 4.74 Å². The summed E-state index contributed by atoms with van der Waals surface area (Å²) in [4.78, 5) is 28.9. The highest BCUT2D eigenvalue weighted by atomic mass is 16.6. The number of nitrogens with zero attached hydrogens (tertiary/aromatic N) is 4. The molecule has 0 unspecified atom stereocenters. The summed E-state index contributed by atoms with van der Waals surface area (Å²) >= 11 is 0. The number of nitrogens with one attached hydrogen (secondary N) is 1. The Bertz CT molecular complexity index is 815. The van der Waals surface area contributed by atoms with Gasteiger partial charge in [0.05, 0.1) is 5.39 Å². The third-order valence-corrected chi connectivity index (χ3v) is 5.10. The molecule has 0 spiro atoms. The van der Waals surface area contributed by atoms with Gasteiger partial charge in [-0.1, -0.05) is 0 Å². The lowest BCUT2D eigenvalue weighted by molar-refractivity contribution is 0.0240. The number of amides is 1. The number of aromatic amines is 1. The van der Waals surface area contributed by atoms with Crippen molar-refractivity contribution in [2.45, 2.75) is 52.1 Å². The molecule has 1 fully saturated rings. The quantitative estimate of drug-likeness (QED) is 0.849. The molecule has 7 nitrogen and oxygen atoms in total. The second kappa shape index (κ2) is 6.45. The molecule has 1 N–H and O–H groups in total. The molecule has 26 heavy (non-hydrogen) atoms. The number of aromatic nitrogens is 3. The van der Waals surface area contributed by atoms with Crippen molar-refractivity contribution in [1.82, 2.24) is 19.9 Å². The highest BCUT2D eigenvalue weighted by Crippen LogP contribution is 2.33. The molecule has 7 heteroatoms. The van der Waals surface area contributed by atoms with Crippen molar-refractivity contribution in [2.24, 2.45) is 0 Å². The van der Waals surface area contributed by atoms with Crippen LogP contribution in [0.15, 0.2) is 6.33 Å². The monoisotopic (exact) mass is 357 g/mol. The Labute approximate surface area is 153 Å². The molecule has 0 aromatic carbocycles. The molecule has 140 valence electrons. The van der Waals surface area contributed by atoms with E-state index in [0.29, 0.717) is 13.1 Å². The van der Waals surface area contributed by atoms with Crippen molar-refractivity contribution in [1.29, 1.82) is 0 Å². The maximum atomic E-state index is 12.3. The summed E-state index contributed by atoms with van der Waals surface area (Å²) in [5.74, 6) is 0.998. The Kier molecular flexibility index (Phi) is 4.25. The highest BCUT2D eigenvalue weighted by molar-refractivity contribution is 5.92. The van der Waals surface area contributed by atoms with E-state index in [9.17, 15) is 4.79 Å². The van der Waals surface area contributed by atoms with Crippen molar-refractivity contribution in [3.8, 4) is 0 Å². The zero-order chi connectivity index (χ0) is 18.3. The van der Waals surface area contributed by atoms with Gasteiger partial charge in [0.1, 0.15) is 23.4 Å². The predicted octanol–water partition coefficient (Wildman–Crippen LogP) is 2.89. The van der Waals surface area contributed by atoms with Crippen LogP contribution in [0.1, 0.15) is 44.9 Å². The van der Waals surface area contributed by atoms with Crippen LogP contribution in [0.3, 0.4) is 0 Å². The van der Waals surface area contributed by atoms with Gasteiger partial charge in [-0.3, -0.25) is 0 Å². The number of carbonyl (C=O) groups excluding carboxylic acids is 1. The number of carbonyl (C=O) groups is 1. The fourth-order valence-corrected chi connectivity index (χ4v) is 3.88. The zero-order valence-corrected chi connectivity index (χ0v) is 15.8. The molecule has 0 atom stereocenters. The molecule has 0 radical (unpaired) electrons. The van der Waals surface area contributed by atoms with Crippen LogP contribution in [0.5, 0.6) is 0 Å². The van der Waals surface area contributed by atoms with Gasteiger partial charge < -0.3 is 19.5 Å². The minimum absolute atomic E-state index is 0.232. The van der Waals surface area contributed by atoms with E-state index in [0.717, 1.165) is 37.4 Å². The summed E-state index contributed by atoms with van der Waals surface area (Å²) in [5.41, 5.74) is 3.19. The van der Waals surface area contributed by atoms with Gasteiger partial charge in [-0.15, -0.1) is 0 Å². The fourth-order valence-electron chi connectivity index (χ4n) is 3.88. The normalized spacial score (nSPS) is 18.1. The average molecular weight is 357 g/mol. The van der Waals surface area contributed by atoms with Crippen molar-refractivity contribution >= 4 is 22.9 Å². The van der Waals surface area contributed by atoms with E-state index >= 15 is 0 Å². The zero-order valence-electron chi connectivity index (χ0n) is 15.8. The minimum Gasteiger partial charge on any atom is -0.444 e. The van der Waals surface area contributed by atoms with E-state index in [-0.39, 0.29) is 6.09 Å². The number of rotatable bonds is 1. The maximum Gasteiger partial charge on any atom is 0.410 e. The molecule has 4 rings (SSSR count). The van der Waals surface area contributed by atoms with Crippen LogP contribution in [0, 0.1) is 0 Å². The van der Waals surface area contributed by atoms with Crippen LogP contribution in [0.25, 0.3) is 11.0 Å². The number of hydrogen-bond acceptors (Lipinski definition) is 5. The van der Waals surface area contributed by atoms with E-state index in [1.165, 1.54) is 29.5 Å². The molecule has 1 amide bonds. The van der Waals surface area contributed by atoms with Gasteiger partial charge in [0, 0.05) is 31.9 Å². The van der Waals surface area contributed by atoms with Gasteiger partial charge in [0.15, 0.2) is 0 Å². The molecule has 2 aromatic heterocycles. The SMILES string of the molecule is CC(C)(C)OC(=O)N1CCN(c2ncnc3[nH]c4c(c23)CCCC4)CC1. The summed E-state index contributed by atoms with van der Waals surface area (Å²) in [6.07, 6.45) is 6.05. The Morgan fingerprint density at radius 2 is 1.85 bits per heavy atom. The molecule has 0 bridgehead atoms. The van der Waals surface area contributed by atoms with Crippen molar-refractivity contribution in [3.05, 3.63) is 17.6 Å². The number of piperazine rings is 1. The van der Waals surface area contributed by atoms with Crippen LogP contribution < -0.4 is 4.90 Å². The maximum absolute atomic E-state index is 12.3. The molecule has 0 saturated carbocycles. The third kappa shape index (κ3) is 3.22. The van der Waals surface area contributed by atoms with Gasteiger partial charge in [-0.2, -0.15) is 0 Å². The highest BCUT2D eigenvalue weighted by Gasteiger charge is 2.28. The lowest BCUT2D eigenvalue weighted by Crippen LogP contribution is -2.50. The van der Waals surface area contributed by atoms with E-state index in [1.54, 1.807) is 11.2 Å². The Morgan fingerprint density at radius 1 is 1.12 bits per heavy atom. The summed E-state index contributed by atoms with van der Waals surface area (Å²) < 4.78 is 5.49. The van der Waals surface area contributed by atoms with Gasteiger partial charge >= 0.3 is 6.09 Å². The Morgan fingerprint density at radius 3 is 2.58 bits per heavy atom. The van der Waals surface area contributed by atoms with Crippen LogP contribution in [0.4, 0.5) is 10.6 Å². The number of H-pyrrole nitrogens is 1. The molecule has 1 aliphatic carbocycles. The first-order chi connectivity index (χ1) is 12.4. The Hall–Kier alpha value is -2.31. The van der Waals surface area contributed by atoms with Gasteiger partial charge in [0.25, 0.3) is 0 Å². The first-order valence-electron chi connectivity index (χ1n) is 9.50. The summed E-state index contributed by atoms with van der Waals surface area (Å²) in [7, 11) is 0. The second-order valence-corrected chi connectivity index (χ2v) is 8.16. The van der Waals surface area contributed by atoms with Gasteiger partial charge in [-0.25, -0.2) is 14.8 Å². The molecule has 2 aliphatic rings. The first kappa shape index (κ1) is 17.1. The van der Waals surface area contributed by atoms with Crippen molar-refractivity contribution in [3.63, 3.8) is 0 Å². The number of aryl methyl sites for hydroxylation is 2. The van der Waals surface area contributed by atoms with E-state index in [2.05, 4.69) is 19.9 Å². The van der Waals surface area contributed by atoms with E-state index in [1.807, 2.05) is 20.8 Å². The van der Waals surface area contributed by atoms with Crippen molar-refractivity contribution in [2.75, 3.05) is 31.1 Å². The lowest BCUT2D eigenvalue weighted by atomic mass is 9.96. The second-order valence-electron chi connectivity index (χ2n) is 8.16. The smallest absolute Gasteiger partial charge is 0.410 e. The summed E-state index contributed by atoms with van der Waals surface area (Å²) in [6.45, 7) is 8.49. The lowest BCUT2D eigenvalue weighted by Gasteiger charge is -2.36.